The van der Waals surface area contributed by atoms with Gasteiger partial charge >= 0.3 is 0 Å². The first kappa shape index (κ1) is 18.2. The average Bonchev–Trinajstić information content (AvgIpc) is 3.29. The van der Waals surface area contributed by atoms with Gasteiger partial charge in [-0.3, -0.25) is 0 Å². The van der Waals surface area contributed by atoms with Gasteiger partial charge in [-0.25, -0.2) is 4.98 Å². The van der Waals surface area contributed by atoms with E-state index in [-0.39, 0.29) is 0 Å². The van der Waals surface area contributed by atoms with Crippen LogP contribution < -0.4 is 5.32 Å². The Morgan fingerprint density at radius 1 is 1.04 bits per heavy atom. The van der Waals surface area contributed by atoms with Crippen LogP contribution in [0.4, 0.5) is 0 Å². The van der Waals surface area contributed by atoms with Crippen molar-refractivity contribution < 1.29 is 0 Å². The number of aryl methyl sites for hydroxylation is 1. The highest BCUT2D eigenvalue weighted by atomic mass is 35.5. The number of hydrogen-bond donors (Lipinski definition) is 1. The maximum absolute atomic E-state index is 6.15. The summed E-state index contributed by atoms with van der Waals surface area (Å²) in [6.07, 6.45) is 9.37. The molecule has 0 aliphatic heterocycles. The Balaban J connectivity index is 1.15. The molecule has 0 spiro atoms. The zero-order valence-electron chi connectivity index (χ0n) is 16.5. The van der Waals surface area contributed by atoms with Gasteiger partial charge in [-0.05, 0) is 98.9 Å². The first-order valence-corrected chi connectivity index (χ1v) is 11.0. The summed E-state index contributed by atoms with van der Waals surface area (Å²) in [5.74, 6) is 0.715. The van der Waals surface area contributed by atoms with Crippen LogP contribution in [0.25, 0.3) is 11.0 Å². The second-order valence-corrected chi connectivity index (χ2v) is 9.18. The molecule has 2 aliphatic rings. The summed E-state index contributed by atoms with van der Waals surface area (Å²) in [5.41, 5.74) is 6.62. The van der Waals surface area contributed by atoms with E-state index >= 15 is 0 Å². The third-order valence-electron chi connectivity index (χ3n) is 6.70. The Labute approximate surface area is 172 Å². The molecule has 3 aromatic rings. The van der Waals surface area contributed by atoms with Crippen LogP contribution in [0.15, 0.2) is 42.7 Å². The number of aromatic nitrogens is 2. The minimum Gasteiger partial charge on any atom is -0.327 e. The van der Waals surface area contributed by atoms with Gasteiger partial charge in [-0.1, -0.05) is 23.7 Å². The molecule has 5 rings (SSSR count). The highest BCUT2D eigenvalue weighted by Gasteiger charge is 2.26. The van der Waals surface area contributed by atoms with E-state index in [1.54, 1.807) is 0 Å². The van der Waals surface area contributed by atoms with E-state index in [1.165, 1.54) is 60.7 Å². The first-order valence-electron chi connectivity index (χ1n) is 10.6. The number of rotatable bonds is 4. The van der Waals surface area contributed by atoms with Gasteiger partial charge < -0.3 is 9.88 Å². The topological polar surface area (TPSA) is 29.9 Å². The molecule has 0 saturated heterocycles. The normalized spacial score (nSPS) is 24.6. The largest absolute Gasteiger partial charge is 0.327 e. The lowest BCUT2D eigenvalue weighted by molar-refractivity contribution is 0.285. The zero-order valence-corrected chi connectivity index (χ0v) is 17.3. The van der Waals surface area contributed by atoms with Gasteiger partial charge in [0.15, 0.2) is 0 Å². The second kappa shape index (κ2) is 7.53. The number of nitrogens with one attached hydrogen (secondary N) is 1. The fraction of sp³-hybridized carbons (Fsp3) is 0.458. The van der Waals surface area contributed by atoms with Crippen LogP contribution in [0.2, 0.25) is 5.02 Å². The Hall–Kier alpha value is -1.84. The zero-order chi connectivity index (χ0) is 19.1. The molecule has 0 amide bonds. The van der Waals surface area contributed by atoms with Gasteiger partial charge in [-0.15, -0.1) is 0 Å². The third kappa shape index (κ3) is 3.58. The van der Waals surface area contributed by atoms with E-state index in [2.05, 4.69) is 52.1 Å². The average molecular weight is 394 g/mol. The number of hydrogen-bond acceptors (Lipinski definition) is 2. The van der Waals surface area contributed by atoms with Gasteiger partial charge in [0.2, 0.25) is 0 Å². The number of benzene rings is 2. The summed E-state index contributed by atoms with van der Waals surface area (Å²) in [6.45, 7) is 3.25. The van der Waals surface area contributed by atoms with Gasteiger partial charge in [0, 0.05) is 17.1 Å². The molecule has 1 atom stereocenters. The molecule has 1 fully saturated rings. The summed E-state index contributed by atoms with van der Waals surface area (Å²) >= 11 is 6.15. The highest BCUT2D eigenvalue weighted by molar-refractivity contribution is 6.30. The van der Waals surface area contributed by atoms with E-state index in [0.717, 1.165) is 17.1 Å². The van der Waals surface area contributed by atoms with E-state index in [1.807, 2.05) is 12.4 Å². The summed E-state index contributed by atoms with van der Waals surface area (Å²) < 4.78 is 2.41. The Bertz CT molecular complexity index is 985. The predicted octanol–water partition coefficient (Wildman–Crippen LogP) is 5.49. The van der Waals surface area contributed by atoms with Crippen molar-refractivity contribution in [1.29, 1.82) is 0 Å². The molecule has 1 saturated carbocycles. The van der Waals surface area contributed by atoms with E-state index in [0.29, 0.717) is 18.0 Å². The maximum Gasteiger partial charge on any atom is 0.0960 e. The van der Waals surface area contributed by atoms with Crippen LogP contribution in [-0.4, -0.2) is 22.1 Å². The molecule has 1 heterocycles. The standard InChI is InChI=1S/C24H28ClN3/c1-16-2-9-24-23(10-16)27-15-28(24)22-7-5-21(6-8-22)26-14-17-11-18-3-4-20(25)13-19(18)12-17/h2-4,9-10,13,15,17,21-22,26H,5-8,11-12,14H2,1H3. The predicted molar refractivity (Wildman–Crippen MR) is 116 cm³/mol. The minimum atomic E-state index is 0.587. The van der Waals surface area contributed by atoms with Crippen LogP contribution in [-0.2, 0) is 12.8 Å². The quantitative estimate of drug-likeness (QED) is 0.635. The molecule has 1 N–H and O–H groups in total. The number of halogens is 1. The summed E-state index contributed by atoms with van der Waals surface area (Å²) in [5, 5.41) is 4.73. The fourth-order valence-electron chi connectivity index (χ4n) is 5.15. The van der Waals surface area contributed by atoms with Crippen molar-refractivity contribution in [1.82, 2.24) is 14.9 Å². The molecule has 4 heteroatoms. The molecule has 1 aromatic heterocycles. The molecule has 2 aromatic carbocycles. The Morgan fingerprint density at radius 2 is 1.86 bits per heavy atom. The van der Waals surface area contributed by atoms with Crippen LogP contribution in [0.1, 0.15) is 48.4 Å². The van der Waals surface area contributed by atoms with Crippen LogP contribution in [0, 0.1) is 12.8 Å². The molecular formula is C24H28ClN3. The van der Waals surface area contributed by atoms with Crippen molar-refractivity contribution in [3.8, 4) is 0 Å². The molecular weight excluding hydrogens is 366 g/mol. The van der Waals surface area contributed by atoms with Crippen molar-refractivity contribution in [2.75, 3.05) is 6.54 Å². The molecule has 2 aliphatic carbocycles. The van der Waals surface area contributed by atoms with Crippen LogP contribution >= 0.6 is 11.6 Å². The van der Waals surface area contributed by atoms with Crippen molar-refractivity contribution in [3.05, 3.63) is 64.4 Å². The fourth-order valence-corrected chi connectivity index (χ4v) is 5.34. The second-order valence-electron chi connectivity index (χ2n) is 8.75. The van der Waals surface area contributed by atoms with Crippen LogP contribution in [0.5, 0.6) is 0 Å². The Kier molecular flexibility index (Phi) is 4.90. The SMILES string of the molecule is Cc1ccc2c(c1)ncn2C1CCC(NCC2Cc3ccc(Cl)cc3C2)CC1. The summed E-state index contributed by atoms with van der Waals surface area (Å²) in [7, 11) is 0. The highest BCUT2D eigenvalue weighted by Crippen LogP contribution is 2.32. The molecule has 3 nitrogen and oxygen atoms in total. The van der Waals surface area contributed by atoms with Crippen molar-refractivity contribution >= 4 is 22.6 Å². The van der Waals surface area contributed by atoms with Crippen LogP contribution in [0.3, 0.4) is 0 Å². The molecule has 1 unspecified atom stereocenters. The third-order valence-corrected chi connectivity index (χ3v) is 6.94. The lowest BCUT2D eigenvalue weighted by Crippen LogP contribution is -2.37. The summed E-state index contributed by atoms with van der Waals surface area (Å²) in [6, 6.07) is 14.2. The van der Waals surface area contributed by atoms with Gasteiger partial charge in [-0.2, -0.15) is 0 Å². The monoisotopic (exact) mass is 393 g/mol. The van der Waals surface area contributed by atoms with Crippen molar-refractivity contribution in [2.45, 2.75) is 57.5 Å². The number of nitrogens with zero attached hydrogens (tertiary/aromatic N) is 2. The lowest BCUT2D eigenvalue weighted by Gasteiger charge is -2.31. The molecule has 146 valence electrons. The Morgan fingerprint density at radius 3 is 2.71 bits per heavy atom. The van der Waals surface area contributed by atoms with Crippen molar-refractivity contribution in [3.63, 3.8) is 0 Å². The molecule has 28 heavy (non-hydrogen) atoms. The van der Waals surface area contributed by atoms with Gasteiger partial charge in [0.05, 0.1) is 17.4 Å². The van der Waals surface area contributed by atoms with Crippen molar-refractivity contribution in [2.24, 2.45) is 5.92 Å². The smallest absolute Gasteiger partial charge is 0.0960 e. The maximum atomic E-state index is 6.15. The van der Waals surface area contributed by atoms with E-state index in [9.17, 15) is 0 Å². The van der Waals surface area contributed by atoms with E-state index < -0.39 is 0 Å². The summed E-state index contributed by atoms with van der Waals surface area (Å²) in [4.78, 5) is 4.63. The van der Waals surface area contributed by atoms with Gasteiger partial charge in [0.25, 0.3) is 0 Å². The number of fused-ring (bicyclic) bond motifs is 2. The molecule has 0 radical (unpaired) electrons. The molecule has 0 bridgehead atoms. The van der Waals surface area contributed by atoms with Gasteiger partial charge in [0.1, 0.15) is 0 Å². The van der Waals surface area contributed by atoms with E-state index in [4.69, 9.17) is 11.6 Å². The minimum absolute atomic E-state index is 0.587. The first-order chi connectivity index (χ1) is 13.7. The lowest BCUT2D eigenvalue weighted by atomic mass is 9.90. The number of imidazole rings is 1.